The number of fused-ring (bicyclic) bond motifs is 3. The highest BCUT2D eigenvalue weighted by Gasteiger charge is 2.40. The van der Waals surface area contributed by atoms with Gasteiger partial charge in [-0.05, 0) is 44.2 Å². The molecule has 3 aliphatic rings. The summed E-state index contributed by atoms with van der Waals surface area (Å²) in [5.74, 6) is 1.30. The maximum Gasteiger partial charge on any atom is 0.0589 e. The lowest BCUT2D eigenvalue weighted by Crippen LogP contribution is -2.56. The largest absolute Gasteiger partial charge is 0.396 e. The molecule has 0 spiro atoms. The topological polar surface area (TPSA) is 43.7 Å². The molecule has 0 radical (unpaired) electrons. The lowest BCUT2D eigenvalue weighted by atomic mass is 9.72. The SMILES string of the molecule is OCCC1C2CCN(CC2)C1CO. The molecule has 3 rings (SSSR count). The van der Waals surface area contributed by atoms with Crippen molar-refractivity contribution < 1.29 is 10.2 Å². The van der Waals surface area contributed by atoms with Crippen LogP contribution in [-0.4, -0.2) is 47.5 Å². The monoisotopic (exact) mass is 185 g/mol. The van der Waals surface area contributed by atoms with E-state index in [2.05, 4.69) is 4.90 Å². The van der Waals surface area contributed by atoms with Gasteiger partial charge < -0.3 is 10.2 Å². The maximum absolute atomic E-state index is 9.29. The van der Waals surface area contributed by atoms with Crippen molar-refractivity contribution in [2.45, 2.75) is 25.3 Å². The van der Waals surface area contributed by atoms with Crippen LogP contribution < -0.4 is 0 Å². The molecule has 3 aliphatic heterocycles. The fourth-order valence-electron chi connectivity index (χ4n) is 3.09. The van der Waals surface area contributed by atoms with Gasteiger partial charge in [0.15, 0.2) is 0 Å². The lowest BCUT2D eigenvalue weighted by molar-refractivity contribution is -0.0428. The second kappa shape index (κ2) is 3.95. The van der Waals surface area contributed by atoms with Crippen LogP contribution in [0.25, 0.3) is 0 Å². The average Bonchev–Trinajstić information content (AvgIpc) is 2.20. The van der Waals surface area contributed by atoms with E-state index in [9.17, 15) is 5.11 Å². The number of hydrogen-bond acceptors (Lipinski definition) is 3. The van der Waals surface area contributed by atoms with Gasteiger partial charge in [-0.1, -0.05) is 0 Å². The minimum absolute atomic E-state index is 0.265. The summed E-state index contributed by atoms with van der Waals surface area (Å²) in [6.45, 7) is 2.84. The van der Waals surface area contributed by atoms with Crippen molar-refractivity contribution in [2.24, 2.45) is 11.8 Å². The number of piperidine rings is 3. The highest BCUT2D eigenvalue weighted by atomic mass is 16.3. The molecule has 3 heteroatoms. The third kappa shape index (κ3) is 1.60. The Balaban J connectivity index is 2.05. The normalized spacial score (nSPS) is 43.8. The molecule has 3 heterocycles. The number of aliphatic hydroxyl groups is 2. The third-order valence-corrected chi connectivity index (χ3v) is 3.79. The van der Waals surface area contributed by atoms with Gasteiger partial charge in [0.25, 0.3) is 0 Å². The van der Waals surface area contributed by atoms with Crippen molar-refractivity contribution in [3.05, 3.63) is 0 Å². The van der Waals surface area contributed by atoms with E-state index in [0.717, 1.165) is 25.4 Å². The molecule has 2 atom stereocenters. The molecule has 0 saturated carbocycles. The minimum atomic E-state index is 0.265. The molecule has 0 aliphatic carbocycles. The second-order valence-corrected chi connectivity index (χ2v) is 4.30. The van der Waals surface area contributed by atoms with Crippen LogP contribution in [0.2, 0.25) is 0 Å². The first-order valence-corrected chi connectivity index (χ1v) is 5.32. The molecule has 0 amide bonds. The first kappa shape index (κ1) is 9.44. The standard InChI is InChI=1S/C10H19NO2/c12-6-3-9-8-1-4-11(5-2-8)10(9)7-13/h8-10,12-13H,1-7H2. The summed E-state index contributed by atoms with van der Waals surface area (Å²) in [4.78, 5) is 2.39. The number of nitrogens with zero attached hydrogens (tertiary/aromatic N) is 1. The van der Waals surface area contributed by atoms with Crippen molar-refractivity contribution in [1.29, 1.82) is 0 Å². The third-order valence-electron chi connectivity index (χ3n) is 3.79. The Morgan fingerprint density at radius 1 is 1.15 bits per heavy atom. The van der Waals surface area contributed by atoms with Crippen LogP contribution in [0.1, 0.15) is 19.3 Å². The van der Waals surface area contributed by atoms with Crippen molar-refractivity contribution in [2.75, 3.05) is 26.3 Å². The molecule has 13 heavy (non-hydrogen) atoms. The highest BCUT2D eigenvalue weighted by Crippen LogP contribution is 2.38. The van der Waals surface area contributed by atoms with Crippen molar-refractivity contribution in [1.82, 2.24) is 4.90 Å². The maximum atomic E-state index is 9.29. The van der Waals surface area contributed by atoms with Crippen LogP contribution >= 0.6 is 0 Å². The summed E-state index contributed by atoms with van der Waals surface area (Å²) < 4.78 is 0. The molecule has 0 aromatic carbocycles. The van der Waals surface area contributed by atoms with E-state index < -0.39 is 0 Å². The number of hydrogen-bond donors (Lipinski definition) is 2. The van der Waals surface area contributed by atoms with Gasteiger partial charge in [-0.3, -0.25) is 4.90 Å². The molecule has 3 nitrogen and oxygen atoms in total. The van der Waals surface area contributed by atoms with Crippen LogP contribution in [0.5, 0.6) is 0 Å². The Hall–Kier alpha value is -0.120. The van der Waals surface area contributed by atoms with E-state index in [4.69, 9.17) is 5.11 Å². The first-order valence-electron chi connectivity index (χ1n) is 5.32. The Kier molecular flexibility index (Phi) is 2.86. The predicted octanol–water partition coefficient (Wildman–Crippen LogP) is 0.0715. The summed E-state index contributed by atoms with van der Waals surface area (Å²) in [5, 5.41) is 18.2. The minimum Gasteiger partial charge on any atom is -0.396 e. The summed E-state index contributed by atoms with van der Waals surface area (Å²) >= 11 is 0. The van der Waals surface area contributed by atoms with Crippen LogP contribution in [0, 0.1) is 11.8 Å². The Morgan fingerprint density at radius 3 is 2.38 bits per heavy atom. The summed E-state index contributed by atoms with van der Waals surface area (Å²) in [5.41, 5.74) is 0. The zero-order valence-electron chi connectivity index (χ0n) is 8.02. The smallest absolute Gasteiger partial charge is 0.0589 e. The van der Waals surface area contributed by atoms with Gasteiger partial charge in [0.2, 0.25) is 0 Å². The molecule has 3 saturated heterocycles. The molecule has 3 fully saturated rings. The van der Waals surface area contributed by atoms with Gasteiger partial charge in [0, 0.05) is 12.6 Å². The summed E-state index contributed by atoms with van der Waals surface area (Å²) in [6, 6.07) is 0.333. The molecule has 2 bridgehead atoms. The van der Waals surface area contributed by atoms with Crippen LogP contribution in [-0.2, 0) is 0 Å². The van der Waals surface area contributed by atoms with E-state index in [1.165, 1.54) is 12.8 Å². The highest BCUT2D eigenvalue weighted by molar-refractivity contribution is 4.93. The molecule has 0 aromatic rings. The molecular weight excluding hydrogens is 166 g/mol. The van der Waals surface area contributed by atoms with E-state index in [0.29, 0.717) is 12.0 Å². The Morgan fingerprint density at radius 2 is 1.85 bits per heavy atom. The quantitative estimate of drug-likeness (QED) is 0.654. The summed E-state index contributed by atoms with van der Waals surface area (Å²) in [7, 11) is 0. The van der Waals surface area contributed by atoms with Gasteiger partial charge in [0.1, 0.15) is 0 Å². The van der Waals surface area contributed by atoms with Crippen LogP contribution in [0.15, 0.2) is 0 Å². The number of rotatable bonds is 3. The van der Waals surface area contributed by atoms with Crippen molar-refractivity contribution in [3.8, 4) is 0 Å². The fraction of sp³-hybridized carbons (Fsp3) is 1.00. The van der Waals surface area contributed by atoms with E-state index in [1.807, 2.05) is 0 Å². The van der Waals surface area contributed by atoms with Gasteiger partial charge >= 0.3 is 0 Å². The van der Waals surface area contributed by atoms with E-state index in [-0.39, 0.29) is 13.2 Å². The second-order valence-electron chi connectivity index (χ2n) is 4.30. The molecule has 2 N–H and O–H groups in total. The molecule has 2 unspecified atom stereocenters. The number of aliphatic hydroxyl groups excluding tert-OH is 2. The van der Waals surface area contributed by atoms with E-state index in [1.54, 1.807) is 0 Å². The molecule has 76 valence electrons. The van der Waals surface area contributed by atoms with E-state index >= 15 is 0 Å². The zero-order chi connectivity index (χ0) is 9.26. The Labute approximate surface area is 79.4 Å². The zero-order valence-corrected chi connectivity index (χ0v) is 8.02. The summed E-state index contributed by atoms with van der Waals surface area (Å²) in [6.07, 6.45) is 3.40. The predicted molar refractivity (Wildman–Crippen MR) is 50.4 cm³/mol. The molecule has 0 aromatic heterocycles. The average molecular weight is 185 g/mol. The van der Waals surface area contributed by atoms with Gasteiger partial charge in [-0.25, -0.2) is 0 Å². The van der Waals surface area contributed by atoms with Crippen LogP contribution in [0.4, 0.5) is 0 Å². The molecular formula is C10H19NO2. The van der Waals surface area contributed by atoms with Crippen LogP contribution in [0.3, 0.4) is 0 Å². The lowest BCUT2D eigenvalue weighted by Gasteiger charge is -2.50. The first-order chi connectivity index (χ1) is 6.36. The van der Waals surface area contributed by atoms with Gasteiger partial charge in [-0.15, -0.1) is 0 Å². The van der Waals surface area contributed by atoms with Gasteiger partial charge in [-0.2, -0.15) is 0 Å². The van der Waals surface area contributed by atoms with Crippen molar-refractivity contribution >= 4 is 0 Å². The Bertz CT molecular complexity index is 166. The fourth-order valence-corrected chi connectivity index (χ4v) is 3.09. The van der Waals surface area contributed by atoms with Gasteiger partial charge in [0.05, 0.1) is 6.61 Å². The van der Waals surface area contributed by atoms with Crippen molar-refractivity contribution in [3.63, 3.8) is 0 Å².